The fraction of sp³-hybridized carbons (Fsp3) is 0.750. The van der Waals surface area contributed by atoms with Crippen molar-refractivity contribution in [3.63, 3.8) is 0 Å². The zero-order valence-electron chi connectivity index (χ0n) is 8.34. The molecule has 0 bridgehead atoms. The summed E-state index contributed by atoms with van der Waals surface area (Å²) in [6.45, 7) is -0.562. The molecule has 2 heterocycles. The Balaban J connectivity index is 2.28. The molecule has 0 amide bonds. The van der Waals surface area contributed by atoms with Crippen LogP contribution >= 0.6 is 0 Å². The summed E-state index contributed by atoms with van der Waals surface area (Å²) in [5.74, 6) is 0.139. The Morgan fingerprint density at radius 3 is 2.81 bits per heavy atom. The Kier molecular flexibility index (Phi) is 2.75. The third-order valence-corrected chi connectivity index (χ3v) is 2.50. The Morgan fingerprint density at radius 2 is 2.25 bits per heavy atom. The molecular weight excluding hydrogens is 225 g/mol. The van der Waals surface area contributed by atoms with Crippen LogP contribution in [0, 0.1) is 0 Å². The maximum atomic E-state index is 12.2. The van der Waals surface area contributed by atoms with E-state index < -0.39 is 18.4 Å². The quantitative estimate of drug-likeness (QED) is 0.788. The van der Waals surface area contributed by atoms with Crippen LogP contribution in [0.3, 0.4) is 0 Å². The van der Waals surface area contributed by atoms with E-state index in [0.717, 1.165) is 13.0 Å². The van der Waals surface area contributed by atoms with Crippen molar-refractivity contribution in [3.8, 4) is 0 Å². The fourth-order valence-corrected chi connectivity index (χ4v) is 1.83. The second-order valence-electron chi connectivity index (χ2n) is 3.74. The SMILES string of the molecule is O=c1[nH]nc(C2CCCN2)n1CC(F)(F)F. The van der Waals surface area contributed by atoms with Crippen molar-refractivity contribution in [2.75, 3.05) is 6.54 Å². The van der Waals surface area contributed by atoms with E-state index in [0.29, 0.717) is 11.0 Å². The standard InChI is InChI=1S/C8H11F3N4O/c9-8(10,11)4-15-6(13-14-7(15)16)5-2-1-3-12-5/h5,12H,1-4H2,(H,14,16). The van der Waals surface area contributed by atoms with Crippen molar-refractivity contribution in [3.05, 3.63) is 16.3 Å². The predicted octanol–water partition coefficient (Wildman–Crippen LogP) is 0.558. The minimum atomic E-state index is -4.42. The van der Waals surface area contributed by atoms with Crippen LogP contribution in [-0.4, -0.2) is 27.5 Å². The average molecular weight is 236 g/mol. The molecule has 1 aromatic heterocycles. The molecule has 1 aromatic rings. The molecular formula is C8H11F3N4O. The van der Waals surface area contributed by atoms with Gasteiger partial charge in [-0.15, -0.1) is 0 Å². The van der Waals surface area contributed by atoms with Crippen LogP contribution in [0.5, 0.6) is 0 Å². The molecule has 1 fully saturated rings. The molecule has 0 aliphatic carbocycles. The molecule has 16 heavy (non-hydrogen) atoms. The molecule has 0 aromatic carbocycles. The van der Waals surface area contributed by atoms with Gasteiger partial charge in [0.05, 0.1) is 6.04 Å². The van der Waals surface area contributed by atoms with Crippen LogP contribution in [0.1, 0.15) is 24.7 Å². The number of aromatic nitrogens is 3. The minimum absolute atomic E-state index is 0.139. The number of nitrogens with zero attached hydrogens (tertiary/aromatic N) is 2. The number of rotatable bonds is 2. The highest BCUT2D eigenvalue weighted by molar-refractivity contribution is 4.98. The van der Waals surface area contributed by atoms with E-state index in [-0.39, 0.29) is 11.9 Å². The van der Waals surface area contributed by atoms with Crippen molar-refractivity contribution in [2.45, 2.75) is 31.6 Å². The van der Waals surface area contributed by atoms with Crippen molar-refractivity contribution in [1.29, 1.82) is 0 Å². The van der Waals surface area contributed by atoms with E-state index in [1.165, 1.54) is 0 Å². The fourth-order valence-electron chi connectivity index (χ4n) is 1.83. The third-order valence-electron chi connectivity index (χ3n) is 2.50. The van der Waals surface area contributed by atoms with Gasteiger partial charge in [-0.2, -0.15) is 18.3 Å². The van der Waals surface area contributed by atoms with E-state index >= 15 is 0 Å². The molecule has 8 heteroatoms. The highest BCUT2D eigenvalue weighted by Gasteiger charge is 2.32. The zero-order chi connectivity index (χ0) is 11.8. The minimum Gasteiger partial charge on any atom is -0.307 e. The summed E-state index contributed by atoms with van der Waals surface area (Å²) in [6.07, 6.45) is -2.85. The summed E-state index contributed by atoms with van der Waals surface area (Å²) < 4.78 is 37.4. The molecule has 1 atom stereocenters. The van der Waals surface area contributed by atoms with Gasteiger partial charge in [0.1, 0.15) is 6.54 Å². The third kappa shape index (κ3) is 2.26. The van der Waals surface area contributed by atoms with Crippen LogP contribution in [0.2, 0.25) is 0 Å². The number of aromatic amines is 1. The number of hydrogen-bond donors (Lipinski definition) is 2. The molecule has 1 aliphatic rings. The largest absolute Gasteiger partial charge is 0.406 e. The monoisotopic (exact) mass is 236 g/mol. The Bertz CT molecular complexity index is 416. The lowest BCUT2D eigenvalue weighted by atomic mass is 10.2. The lowest BCUT2D eigenvalue weighted by Gasteiger charge is -2.12. The summed E-state index contributed by atoms with van der Waals surface area (Å²) >= 11 is 0. The van der Waals surface area contributed by atoms with Gasteiger partial charge in [0, 0.05) is 0 Å². The van der Waals surface area contributed by atoms with Crippen LogP contribution in [0.4, 0.5) is 13.2 Å². The summed E-state index contributed by atoms with van der Waals surface area (Å²) in [5.41, 5.74) is -0.818. The lowest BCUT2D eigenvalue weighted by molar-refractivity contribution is -0.141. The topological polar surface area (TPSA) is 62.7 Å². The van der Waals surface area contributed by atoms with E-state index in [9.17, 15) is 18.0 Å². The number of alkyl halides is 3. The van der Waals surface area contributed by atoms with Crippen LogP contribution in [-0.2, 0) is 6.54 Å². The Labute approximate surface area is 88.7 Å². The second-order valence-corrected chi connectivity index (χ2v) is 3.74. The van der Waals surface area contributed by atoms with E-state index in [4.69, 9.17) is 0 Å². The maximum absolute atomic E-state index is 12.2. The van der Waals surface area contributed by atoms with Gasteiger partial charge in [-0.25, -0.2) is 9.89 Å². The number of nitrogens with one attached hydrogen (secondary N) is 2. The molecule has 0 radical (unpaired) electrons. The van der Waals surface area contributed by atoms with Gasteiger partial charge in [-0.05, 0) is 19.4 Å². The normalized spacial score (nSPS) is 21.6. The number of halogens is 3. The van der Waals surface area contributed by atoms with Crippen molar-refractivity contribution >= 4 is 0 Å². The lowest BCUT2D eigenvalue weighted by Crippen LogP contribution is -2.30. The number of hydrogen-bond acceptors (Lipinski definition) is 3. The van der Waals surface area contributed by atoms with Crippen LogP contribution in [0.25, 0.3) is 0 Å². The number of H-pyrrole nitrogens is 1. The van der Waals surface area contributed by atoms with Crippen LogP contribution < -0.4 is 11.0 Å². The maximum Gasteiger partial charge on any atom is 0.406 e. The first-order valence-electron chi connectivity index (χ1n) is 4.92. The summed E-state index contributed by atoms with van der Waals surface area (Å²) in [4.78, 5) is 11.2. The Morgan fingerprint density at radius 1 is 1.50 bits per heavy atom. The van der Waals surface area contributed by atoms with Gasteiger partial charge in [0.15, 0.2) is 5.82 Å². The summed E-state index contributed by atoms with van der Waals surface area (Å²) in [5, 5.41) is 8.70. The summed E-state index contributed by atoms with van der Waals surface area (Å²) in [7, 11) is 0. The molecule has 1 unspecified atom stereocenters. The van der Waals surface area contributed by atoms with Gasteiger partial charge >= 0.3 is 11.9 Å². The molecule has 2 N–H and O–H groups in total. The average Bonchev–Trinajstić information content (AvgIpc) is 2.75. The van der Waals surface area contributed by atoms with E-state index in [1.807, 2.05) is 0 Å². The first kappa shape index (κ1) is 11.2. The van der Waals surface area contributed by atoms with Crippen molar-refractivity contribution < 1.29 is 13.2 Å². The van der Waals surface area contributed by atoms with Gasteiger partial charge in [-0.3, -0.25) is 4.57 Å². The molecule has 5 nitrogen and oxygen atoms in total. The van der Waals surface area contributed by atoms with Crippen LogP contribution in [0.15, 0.2) is 4.79 Å². The highest BCUT2D eigenvalue weighted by atomic mass is 19.4. The molecule has 1 aliphatic heterocycles. The first-order valence-corrected chi connectivity index (χ1v) is 4.92. The molecule has 2 rings (SSSR count). The van der Waals surface area contributed by atoms with Gasteiger partial charge in [-0.1, -0.05) is 0 Å². The molecule has 1 saturated heterocycles. The van der Waals surface area contributed by atoms with Gasteiger partial charge in [0.25, 0.3) is 0 Å². The first-order chi connectivity index (χ1) is 7.47. The predicted molar refractivity (Wildman–Crippen MR) is 48.9 cm³/mol. The second kappa shape index (κ2) is 3.93. The molecule has 0 spiro atoms. The van der Waals surface area contributed by atoms with Crippen molar-refractivity contribution in [1.82, 2.24) is 20.1 Å². The summed E-state index contributed by atoms with van der Waals surface area (Å²) in [6, 6.07) is -0.263. The Hall–Kier alpha value is -1.31. The van der Waals surface area contributed by atoms with Gasteiger partial charge in [0.2, 0.25) is 0 Å². The molecule has 0 saturated carbocycles. The zero-order valence-corrected chi connectivity index (χ0v) is 8.34. The smallest absolute Gasteiger partial charge is 0.307 e. The molecule has 90 valence electrons. The van der Waals surface area contributed by atoms with Gasteiger partial charge < -0.3 is 5.32 Å². The highest BCUT2D eigenvalue weighted by Crippen LogP contribution is 2.23. The van der Waals surface area contributed by atoms with E-state index in [2.05, 4.69) is 15.5 Å². The van der Waals surface area contributed by atoms with Crippen molar-refractivity contribution in [2.24, 2.45) is 0 Å². The van der Waals surface area contributed by atoms with E-state index in [1.54, 1.807) is 0 Å².